The lowest BCUT2D eigenvalue weighted by Crippen LogP contribution is -2.35. The van der Waals surface area contributed by atoms with Crippen LogP contribution in [0.2, 0.25) is 0 Å². The number of nitrogens with zero attached hydrogens (tertiary/aromatic N) is 1. The first-order valence-electron chi connectivity index (χ1n) is 5.35. The third-order valence-electron chi connectivity index (χ3n) is 2.88. The number of likely N-dealkylation sites (tertiary alicyclic amines) is 1. The zero-order valence-corrected chi connectivity index (χ0v) is 9.75. The molecule has 0 aromatic heterocycles. The first kappa shape index (κ1) is 12.2. The average Bonchev–Trinajstić information content (AvgIpc) is 2.50. The van der Waals surface area contributed by atoms with E-state index in [1.807, 2.05) is 25.7 Å². The van der Waals surface area contributed by atoms with Gasteiger partial charge in [0.05, 0.1) is 12.5 Å². The van der Waals surface area contributed by atoms with Gasteiger partial charge >= 0.3 is 0 Å². The van der Waals surface area contributed by atoms with Gasteiger partial charge < -0.3 is 5.73 Å². The highest BCUT2D eigenvalue weighted by Gasteiger charge is 2.30. The van der Waals surface area contributed by atoms with Crippen molar-refractivity contribution in [1.82, 2.24) is 4.90 Å². The Hall–Kier alpha value is -0.900. The van der Waals surface area contributed by atoms with Gasteiger partial charge in [0.25, 0.3) is 0 Å². The van der Waals surface area contributed by atoms with Crippen LogP contribution in [0.25, 0.3) is 0 Å². The molecule has 1 saturated heterocycles. The molecule has 0 aromatic carbocycles. The summed E-state index contributed by atoms with van der Waals surface area (Å²) in [4.78, 5) is 24.7. The zero-order chi connectivity index (χ0) is 11.6. The molecule has 0 aromatic rings. The monoisotopic (exact) mass is 212 g/mol. The van der Waals surface area contributed by atoms with E-state index in [0.29, 0.717) is 13.1 Å². The van der Waals surface area contributed by atoms with E-state index in [4.69, 9.17) is 5.73 Å². The van der Waals surface area contributed by atoms with E-state index in [1.54, 1.807) is 0 Å². The lowest BCUT2D eigenvalue weighted by Gasteiger charge is -2.21. The maximum Gasteiger partial charge on any atom is 0.221 e. The molecule has 0 saturated carbocycles. The first-order valence-corrected chi connectivity index (χ1v) is 5.35. The minimum absolute atomic E-state index is 0.0715. The van der Waals surface area contributed by atoms with E-state index in [2.05, 4.69) is 0 Å². The van der Waals surface area contributed by atoms with Crippen molar-refractivity contribution in [3.8, 4) is 0 Å². The minimum Gasteiger partial charge on any atom is -0.369 e. The molecule has 86 valence electrons. The van der Waals surface area contributed by atoms with Crippen LogP contribution in [-0.2, 0) is 9.59 Å². The minimum atomic E-state index is -0.301. The molecule has 0 aliphatic carbocycles. The van der Waals surface area contributed by atoms with Gasteiger partial charge in [-0.05, 0) is 13.0 Å². The van der Waals surface area contributed by atoms with E-state index < -0.39 is 0 Å². The van der Waals surface area contributed by atoms with E-state index >= 15 is 0 Å². The molecule has 1 aliphatic heterocycles. The van der Waals surface area contributed by atoms with Crippen molar-refractivity contribution in [2.24, 2.45) is 17.1 Å². The second-order valence-corrected chi connectivity index (χ2v) is 5.30. The second-order valence-electron chi connectivity index (χ2n) is 5.30. The standard InChI is InChI=1S/C11H20N2O2/c1-11(2,3)9(14)7-13-5-4-8(6-13)10(12)15/h8H,4-7H2,1-3H3,(H2,12,15). The SMILES string of the molecule is CC(C)(C)C(=O)CN1CCC(C(N)=O)C1. The molecule has 1 rings (SSSR count). The zero-order valence-electron chi connectivity index (χ0n) is 9.75. The summed E-state index contributed by atoms with van der Waals surface area (Å²) in [6.45, 7) is 7.62. The van der Waals surface area contributed by atoms with Gasteiger partial charge in [-0.1, -0.05) is 20.8 Å². The molecular formula is C11H20N2O2. The molecule has 1 atom stereocenters. The van der Waals surface area contributed by atoms with Crippen molar-refractivity contribution in [1.29, 1.82) is 0 Å². The molecule has 1 amide bonds. The highest BCUT2D eigenvalue weighted by molar-refractivity contribution is 5.85. The van der Waals surface area contributed by atoms with Crippen LogP contribution < -0.4 is 5.73 Å². The van der Waals surface area contributed by atoms with Gasteiger partial charge in [0, 0.05) is 12.0 Å². The molecule has 4 nitrogen and oxygen atoms in total. The fourth-order valence-corrected chi connectivity index (χ4v) is 1.65. The predicted molar refractivity (Wildman–Crippen MR) is 58.2 cm³/mol. The Morgan fingerprint density at radius 2 is 2.00 bits per heavy atom. The third kappa shape index (κ3) is 3.30. The molecule has 15 heavy (non-hydrogen) atoms. The molecule has 1 heterocycles. The third-order valence-corrected chi connectivity index (χ3v) is 2.88. The largest absolute Gasteiger partial charge is 0.369 e. The smallest absolute Gasteiger partial charge is 0.221 e. The number of hydrogen-bond donors (Lipinski definition) is 1. The Morgan fingerprint density at radius 1 is 1.40 bits per heavy atom. The number of primary amides is 1. The Bertz CT molecular complexity index is 268. The summed E-state index contributed by atoms with van der Waals surface area (Å²) in [6, 6.07) is 0. The predicted octanol–water partition coefficient (Wildman–Crippen LogP) is 0.409. The summed E-state index contributed by atoms with van der Waals surface area (Å²) in [5, 5.41) is 0. The van der Waals surface area contributed by atoms with Crippen molar-refractivity contribution in [2.75, 3.05) is 19.6 Å². The molecule has 0 radical (unpaired) electrons. The number of ketones is 1. The van der Waals surface area contributed by atoms with E-state index in [1.165, 1.54) is 0 Å². The first-order chi connectivity index (χ1) is 6.80. The van der Waals surface area contributed by atoms with Gasteiger partial charge in [-0.3, -0.25) is 14.5 Å². The normalized spacial score (nSPS) is 23.0. The highest BCUT2D eigenvalue weighted by atomic mass is 16.1. The lowest BCUT2D eigenvalue weighted by molar-refractivity contribution is -0.127. The number of rotatable bonds is 3. The summed E-state index contributed by atoms with van der Waals surface area (Å²) >= 11 is 0. The van der Waals surface area contributed by atoms with Gasteiger partial charge in [0.1, 0.15) is 0 Å². The van der Waals surface area contributed by atoms with Crippen LogP contribution in [0.1, 0.15) is 27.2 Å². The maximum absolute atomic E-state index is 11.7. The van der Waals surface area contributed by atoms with Crippen molar-refractivity contribution in [3.63, 3.8) is 0 Å². The maximum atomic E-state index is 11.7. The van der Waals surface area contributed by atoms with Gasteiger partial charge in [-0.15, -0.1) is 0 Å². The molecule has 1 fully saturated rings. The van der Waals surface area contributed by atoms with Gasteiger partial charge in [-0.25, -0.2) is 0 Å². The topological polar surface area (TPSA) is 63.4 Å². The molecule has 2 N–H and O–H groups in total. The van der Waals surface area contributed by atoms with E-state index in [0.717, 1.165) is 13.0 Å². The molecule has 4 heteroatoms. The summed E-state index contributed by atoms with van der Waals surface area (Å²) in [5.74, 6) is -0.105. The number of amides is 1. The molecular weight excluding hydrogens is 192 g/mol. The summed E-state index contributed by atoms with van der Waals surface area (Å²) in [7, 11) is 0. The van der Waals surface area contributed by atoms with Gasteiger partial charge in [-0.2, -0.15) is 0 Å². The van der Waals surface area contributed by atoms with Crippen LogP contribution >= 0.6 is 0 Å². The van der Waals surface area contributed by atoms with Crippen LogP contribution in [0.3, 0.4) is 0 Å². The Kier molecular flexibility index (Phi) is 3.50. The molecule has 0 spiro atoms. The second kappa shape index (κ2) is 4.31. The Labute approximate surface area is 90.8 Å². The molecule has 1 aliphatic rings. The van der Waals surface area contributed by atoms with Crippen molar-refractivity contribution >= 4 is 11.7 Å². The van der Waals surface area contributed by atoms with Crippen LogP contribution in [0.15, 0.2) is 0 Å². The van der Waals surface area contributed by atoms with E-state index in [-0.39, 0.29) is 23.0 Å². The summed E-state index contributed by atoms with van der Waals surface area (Å²) in [5.41, 5.74) is 4.93. The van der Waals surface area contributed by atoms with Gasteiger partial charge in [0.15, 0.2) is 5.78 Å². The molecule has 1 unspecified atom stereocenters. The summed E-state index contributed by atoms with van der Waals surface area (Å²) in [6.07, 6.45) is 0.784. The van der Waals surface area contributed by atoms with Crippen molar-refractivity contribution < 1.29 is 9.59 Å². The van der Waals surface area contributed by atoms with Crippen molar-refractivity contribution in [2.45, 2.75) is 27.2 Å². The van der Waals surface area contributed by atoms with Gasteiger partial charge in [0.2, 0.25) is 5.91 Å². The Balaban J connectivity index is 2.43. The van der Waals surface area contributed by atoms with Crippen LogP contribution in [0.4, 0.5) is 0 Å². The van der Waals surface area contributed by atoms with E-state index in [9.17, 15) is 9.59 Å². The van der Waals surface area contributed by atoms with Crippen LogP contribution in [0.5, 0.6) is 0 Å². The summed E-state index contributed by atoms with van der Waals surface area (Å²) < 4.78 is 0. The van der Waals surface area contributed by atoms with Crippen molar-refractivity contribution in [3.05, 3.63) is 0 Å². The fraction of sp³-hybridized carbons (Fsp3) is 0.818. The molecule has 0 bridgehead atoms. The number of carbonyl (C=O) groups is 2. The number of Topliss-reactive ketones (excluding diaryl/α,β-unsaturated/α-hetero) is 1. The average molecular weight is 212 g/mol. The highest BCUT2D eigenvalue weighted by Crippen LogP contribution is 2.19. The quantitative estimate of drug-likeness (QED) is 0.737. The lowest BCUT2D eigenvalue weighted by atomic mass is 9.90. The van der Waals surface area contributed by atoms with Crippen LogP contribution in [-0.4, -0.2) is 36.2 Å². The number of nitrogens with two attached hydrogens (primary N) is 1. The number of carbonyl (C=O) groups excluding carboxylic acids is 2. The fourth-order valence-electron chi connectivity index (χ4n) is 1.65. The number of hydrogen-bond acceptors (Lipinski definition) is 3. The van der Waals surface area contributed by atoms with Crippen LogP contribution in [0, 0.1) is 11.3 Å². The Morgan fingerprint density at radius 3 is 2.40 bits per heavy atom.